The summed E-state index contributed by atoms with van der Waals surface area (Å²) >= 11 is 0. The Bertz CT molecular complexity index is 461. The number of nitrogens with zero attached hydrogens (tertiary/aromatic N) is 1. The summed E-state index contributed by atoms with van der Waals surface area (Å²) in [6.07, 6.45) is 4.08. The van der Waals surface area contributed by atoms with Crippen LogP contribution in [0.3, 0.4) is 0 Å². The van der Waals surface area contributed by atoms with Gasteiger partial charge in [-0.3, -0.25) is 4.79 Å². The van der Waals surface area contributed by atoms with Crippen LogP contribution in [-0.4, -0.2) is 37.0 Å². The number of carbonyl (C=O) groups is 1. The van der Waals surface area contributed by atoms with Crippen molar-refractivity contribution in [2.45, 2.75) is 5.92 Å². The van der Waals surface area contributed by atoms with Gasteiger partial charge in [0.1, 0.15) is 0 Å². The minimum atomic E-state index is -0.0655. The van der Waals surface area contributed by atoms with E-state index in [9.17, 15) is 4.79 Å². The fourth-order valence-electron chi connectivity index (χ4n) is 2.55. The second-order valence-electron chi connectivity index (χ2n) is 4.54. The van der Waals surface area contributed by atoms with E-state index in [4.69, 9.17) is 0 Å². The van der Waals surface area contributed by atoms with E-state index in [0.29, 0.717) is 0 Å². The lowest BCUT2D eigenvalue weighted by molar-refractivity contribution is -0.132. The van der Waals surface area contributed by atoms with Crippen LogP contribution in [0, 0.1) is 0 Å². The highest BCUT2D eigenvalue weighted by Gasteiger charge is 2.28. The average Bonchev–Trinajstić information content (AvgIpc) is 2.83. The molecule has 0 saturated carbocycles. The topological polar surface area (TPSA) is 32.3 Å². The van der Waals surface area contributed by atoms with Gasteiger partial charge in [-0.1, -0.05) is 36.4 Å². The Kier molecular flexibility index (Phi) is 2.69. The summed E-state index contributed by atoms with van der Waals surface area (Å²) in [7, 11) is 0. The van der Waals surface area contributed by atoms with Gasteiger partial charge in [-0.2, -0.15) is 0 Å². The average molecular weight is 228 g/mol. The summed E-state index contributed by atoms with van der Waals surface area (Å²) in [5.74, 6) is 0.178. The molecule has 1 aromatic carbocycles. The van der Waals surface area contributed by atoms with Crippen molar-refractivity contribution in [1.82, 2.24) is 10.2 Å². The second-order valence-corrected chi connectivity index (χ2v) is 4.54. The van der Waals surface area contributed by atoms with Crippen molar-refractivity contribution in [3.05, 3.63) is 41.5 Å². The number of fused-ring (bicyclic) bond motifs is 1. The molecule has 1 aromatic rings. The molecule has 0 spiro atoms. The molecule has 1 N–H and O–H groups in total. The Labute approximate surface area is 101 Å². The standard InChI is InChI=1S/C14H16N2O/c17-14(16-9-7-15-8-10-16)13-6-5-11-3-1-2-4-12(11)13/h1-6,13,15H,7-10H2. The zero-order chi connectivity index (χ0) is 11.7. The third-order valence-corrected chi connectivity index (χ3v) is 3.49. The lowest BCUT2D eigenvalue weighted by Crippen LogP contribution is -2.47. The van der Waals surface area contributed by atoms with Gasteiger partial charge < -0.3 is 10.2 Å². The van der Waals surface area contributed by atoms with Gasteiger partial charge in [-0.25, -0.2) is 0 Å². The van der Waals surface area contributed by atoms with Crippen LogP contribution in [0.2, 0.25) is 0 Å². The second kappa shape index (κ2) is 4.34. The largest absolute Gasteiger partial charge is 0.339 e. The molecule has 88 valence electrons. The summed E-state index contributed by atoms with van der Waals surface area (Å²) < 4.78 is 0. The quantitative estimate of drug-likeness (QED) is 0.784. The number of nitrogens with one attached hydrogen (secondary N) is 1. The van der Waals surface area contributed by atoms with E-state index in [1.807, 2.05) is 23.1 Å². The third kappa shape index (κ3) is 1.87. The van der Waals surface area contributed by atoms with Gasteiger partial charge in [0.05, 0.1) is 5.92 Å². The van der Waals surface area contributed by atoms with E-state index in [0.717, 1.165) is 31.7 Å². The molecule has 3 nitrogen and oxygen atoms in total. The first-order valence-corrected chi connectivity index (χ1v) is 6.13. The normalized spacial score (nSPS) is 22.6. The van der Waals surface area contributed by atoms with E-state index in [2.05, 4.69) is 23.5 Å². The maximum atomic E-state index is 12.4. The van der Waals surface area contributed by atoms with Crippen LogP contribution in [0.25, 0.3) is 6.08 Å². The number of rotatable bonds is 1. The maximum absolute atomic E-state index is 12.4. The minimum Gasteiger partial charge on any atom is -0.339 e. The molecule has 1 aliphatic carbocycles. The predicted molar refractivity (Wildman–Crippen MR) is 67.7 cm³/mol. The first kappa shape index (κ1) is 10.5. The first-order valence-electron chi connectivity index (χ1n) is 6.13. The smallest absolute Gasteiger partial charge is 0.234 e. The Hall–Kier alpha value is -1.61. The van der Waals surface area contributed by atoms with Crippen molar-refractivity contribution >= 4 is 12.0 Å². The molecule has 0 bridgehead atoms. The zero-order valence-electron chi connectivity index (χ0n) is 9.73. The van der Waals surface area contributed by atoms with E-state index < -0.39 is 0 Å². The number of carbonyl (C=O) groups excluding carboxylic acids is 1. The molecule has 1 aliphatic heterocycles. The van der Waals surface area contributed by atoms with Crippen LogP contribution in [0.15, 0.2) is 30.3 Å². The SMILES string of the molecule is O=C(C1C=Cc2ccccc21)N1CCNCC1. The summed E-state index contributed by atoms with van der Waals surface area (Å²) in [6, 6.07) is 8.14. The summed E-state index contributed by atoms with van der Waals surface area (Å²) in [6.45, 7) is 3.46. The summed E-state index contributed by atoms with van der Waals surface area (Å²) in [4.78, 5) is 14.4. The van der Waals surface area contributed by atoms with Gasteiger partial charge in [0.15, 0.2) is 0 Å². The van der Waals surface area contributed by atoms with Crippen molar-refractivity contribution in [2.24, 2.45) is 0 Å². The molecule has 0 radical (unpaired) electrons. The molecule has 1 unspecified atom stereocenters. The van der Waals surface area contributed by atoms with Crippen LogP contribution in [0.5, 0.6) is 0 Å². The van der Waals surface area contributed by atoms with Crippen molar-refractivity contribution in [1.29, 1.82) is 0 Å². The molecule has 1 amide bonds. The maximum Gasteiger partial charge on any atom is 0.234 e. The highest BCUT2D eigenvalue weighted by Crippen LogP contribution is 2.31. The van der Waals surface area contributed by atoms with Crippen LogP contribution >= 0.6 is 0 Å². The predicted octanol–water partition coefficient (Wildman–Crippen LogP) is 1.23. The molecule has 17 heavy (non-hydrogen) atoms. The number of piperazine rings is 1. The minimum absolute atomic E-state index is 0.0655. The monoisotopic (exact) mass is 228 g/mol. The highest BCUT2D eigenvalue weighted by atomic mass is 16.2. The van der Waals surface area contributed by atoms with Crippen molar-refractivity contribution in [3.63, 3.8) is 0 Å². The lowest BCUT2D eigenvalue weighted by Gasteiger charge is -2.29. The Morgan fingerprint density at radius 3 is 2.82 bits per heavy atom. The third-order valence-electron chi connectivity index (χ3n) is 3.49. The van der Waals surface area contributed by atoms with Gasteiger partial charge >= 0.3 is 0 Å². The van der Waals surface area contributed by atoms with Crippen molar-refractivity contribution < 1.29 is 4.79 Å². The van der Waals surface area contributed by atoms with E-state index in [1.165, 1.54) is 5.56 Å². The molecule has 3 heteroatoms. The van der Waals surface area contributed by atoms with Crippen molar-refractivity contribution in [2.75, 3.05) is 26.2 Å². The van der Waals surface area contributed by atoms with Gasteiger partial charge in [0, 0.05) is 26.2 Å². The van der Waals surface area contributed by atoms with Crippen LogP contribution in [-0.2, 0) is 4.79 Å². The lowest BCUT2D eigenvalue weighted by atomic mass is 9.99. The van der Waals surface area contributed by atoms with Crippen LogP contribution < -0.4 is 5.32 Å². The summed E-state index contributed by atoms with van der Waals surface area (Å²) in [5, 5.41) is 3.27. The molecule has 1 heterocycles. The van der Waals surface area contributed by atoms with Crippen molar-refractivity contribution in [3.8, 4) is 0 Å². The van der Waals surface area contributed by atoms with Gasteiger partial charge in [-0.05, 0) is 11.1 Å². The highest BCUT2D eigenvalue weighted by molar-refractivity contribution is 5.90. The van der Waals surface area contributed by atoms with Crippen LogP contribution in [0.1, 0.15) is 17.0 Å². The van der Waals surface area contributed by atoms with E-state index >= 15 is 0 Å². The Morgan fingerprint density at radius 1 is 1.24 bits per heavy atom. The number of amides is 1. The van der Waals surface area contributed by atoms with Gasteiger partial charge in [0.2, 0.25) is 5.91 Å². The molecule has 1 fully saturated rings. The van der Waals surface area contributed by atoms with Crippen LogP contribution in [0.4, 0.5) is 0 Å². The molecule has 0 aromatic heterocycles. The number of benzene rings is 1. The first-order chi connectivity index (χ1) is 8.36. The fourth-order valence-corrected chi connectivity index (χ4v) is 2.55. The van der Waals surface area contributed by atoms with Gasteiger partial charge in [-0.15, -0.1) is 0 Å². The number of hydrogen-bond acceptors (Lipinski definition) is 2. The number of hydrogen-bond donors (Lipinski definition) is 1. The van der Waals surface area contributed by atoms with E-state index in [1.54, 1.807) is 0 Å². The van der Waals surface area contributed by atoms with E-state index in [-0.39, 0.29) is 11.8 Å². The molecule has 1 saturated heterocycles. The molecule has 2 aliphatic rings. The Balaban J connectivity index is 1.82. The zero-order valence-corrected chi connectivity index (χ0v) is 9.73. The molecular formula is C14H16N2O. The fraction of sp³-hybridized carbons (Fsp3) is 0.357. The Morgan fingerprint density at radius 2 is 2.00 bits per heavy atom. The molecule has 3 rings (SSSR count). The molecular weight excluding hydrogens is 212 g/mol. The molecule has 1 atom stereocenters. The summed E-state index contributed by atoms with van der Waals surface area (Å²) in [5.41, 5.74) is 2.33. The van der Waals surface area contributed by atoms with Gasteiger partial charge in [0.25, 0.3) is 0 Å².